The summed E-state index contributed by atoms with van der Waals surface area (Å²) in [4.78, 5) is 0. The molecule has 22 heavy (non-hydrogen) atoms. The lowest BCUT2D eigenvalue weighted by molar-refractivity contribution is 0.487. The third-order valence-electron chi connectivity index (χ3n) is 4.83. The predicted molar refractivity (Wildman–Crippen MR) is 91.2 cm³/mol. The van der Waals surface area contributed by atoms with Crippen LogP contribution in [0.1, 0.15) is 48.9 Å². The summed E-state index contributed by atoms with van der Waals surface area (Å²) in [6.45, 7) is 4.51. The summed E-state index contributed by atoms with van der Waals surface area (Å²) in [6, 6.07) is 18.3. The highest BCUT2D eigenvalue weighted by Gasteiger charge is 2.29. The maximum Gasteiger partial charge on any atom is 0.0830 e. The van der Waals surface area contributed by atoms with Crippen LogP contribution >= 0.6 is 0 Å². The minimum Gasteiger partial charge on any atom is -0.303 e. The topological polar surface area (TPSA) is 20.7 Å². The molecule has 2 aromatic carbocycles. The van der Waals surface area contributed by atoms with Gasteiger partial charge in [0.15, 0.2) is 0 Å². The van der Waals surface area contributed by atoms with Gasteiger partial charge in [-0.3, -0.25) is 4.68 Å². The van der Waals surface area contributed by atoms with Gasteiger partial charge in [-0.25, -0.2) is 0 Å². The second-order valence-corrected chi connectivity index (χ2v) is 6.57. The fourth-order valence-corrected chi connectivity index (χ4v) is 3.52. The van der Waals surface area contributed by atoms with Crippen molar-refractivity contribution in [2.75, 3.05) is 0 Å². The first kappa shape index (κ1) is 13.4. The Balaban J connectivity index is 1.55. The van der Waals surface area contributed by atoms with E-state index in [0.717, 1.165) is 12.8 Å². The van der Waals surface area contributed by atoms with Gasteiger partial charge in [0.2, 0.25) is 0 Å². The number of aryl methyl sites for hydroxylation is 1. The lowest BCUT2D eigenvalue weighted by Crippen LogP contribution is -2.13. The molecule has 0 amide bonds. The maximum atomic E-state index is 3.34. The smallest absolute Gasteiger partial charge is 0.0830 e. The Kier molecular flexibility index (Phi) is 3.18. The Labute approximate surface area is 131 Å². The van der Waals surface area contributed by atoms with Crippen LogP contribution in [0.25, 0.3) is 11.3 Å². The molecule has 0 aliphatic carbocycles. The minimum atomic E-state index is 0.457. The summed E-state index contributed by atoms with van der Waals surface area (Å²) in [5.74, 6) is 0.596. The molecule has 0 saturated heterocycles. The Hall–Kier alpha value is -2.22. The van der Waals surface area contributed by atoms with Crippen molar-refractivity contribution in [1.82, 2.24) is 9.78 Å². The molecular formula is C20H22N2. The van der Waals surface area contributed by atoms with E-state index in [1.54, 1.807) is 0 Å². The maximum absolute atomic E-state index is 3.34. The summed E-state index contributed by atoms with van der Waals surface area (Å²) < 4.78 is 2.32. The molecule has 1 aliphatic rings. The summed E-state index contributed by atoms with van der Waals surface area (Å²) in [6.07, 6.45) is 4.37. The van der Waals surface area contributed by atoms with Crippen LogP contribution in [0, 0.1) is 0 Å². The molecule has 1 unspecified atom stereocenters. The molecule has 2 heterocycles. The van der Waals surface area contributed by atoms with Gasteiger partial charge in [0, 0.05) is 11.8 Å². The number of aromatic nitrogens is 2. The first-order chi connectivity index (χ1) is 10.7. The van der Waals surface area contributed by atoms with Crippen molar-refractivity contribution in [3.05, 3.63) is 71.4 Å². The van der Waals surface area contributed by atoms with Crippen molar-refractivity contribution < 1.29 is 0 Å². The van der Waals surface area contributed by atoms with Gasteiger partial charge in [-0.05, 0) is 35.4 Å². The van der Waals surface area contributed by atoms with Crippen LogP contribution in [0.5, 0.6) is 0 Å². The molecule has 1 aromatic heterocycles. The number of H-pyrrole nitrogens is 1. The van der Waals surface area contributed by atoms with E-state index in [9.17, 15) is 0 Å². The molecule has 4 rings (SSSR count). The number of nitrogens with one attached hydrogen (secondary N) is 1. The number of aromatic amines is 1. The molecule has 0 fully saturated rings. The zero-order valence-electron chi connectivity index (χ0n) is 13.2. The number of nitrogens with zero attached hydrogens (tertiary/aromatic N) is 1. The third kappa shape index (κ3) is 2.10. The predicted octanol–water partition coefficient (Wildman–Crippen LogP) is 5.14. The van der Waals surface area contributed by atoms with Crippen LogP contribution in [0.4, 0.5) is 0 Å². The van der Waals surface area contributed by atoms with Crippen LogP contribution in [0.15, 0.2) is 54.7 Å². The van der Waals surface area contributed by atoms with Gasteiger partial charge in [0.1, 0.15) is 0 Å². The largest absolute Gasteiger partial charge is 0.303 e. The van der Waals surface area contributed by atoms with Crippen LogP contribution in [0.3, 0.4) is 0 Å². The molecule has 0 saturated carbocycles. The summed E-state index contributed by atoms with van der Waals surface area (Å²) in [5, 5.41) is 3.34. The molecule has 2 heteroatoms. The molecule has 0 radical (unpaired) electrons. The standard InChI is InChI=1S/C20H22N2/c1-14(2)16-7-5-6-15(12-16)10-11-19-17-8-3-4-9-18(17)20-13-21-22(19)20/h3-9,12-14,19,21H,10-11H2,1-2H3. The molecular weight excluding hydrogens is 268 g/mol. The average molecular weight is 290 g/mol. The van der Waals surface area contributed by atoms with Gasteiger partial charge < -0.3 is 5.10 Å². The normalized spacial score (nSPS) is 16.0. The van der Waals surface area contributed by atoms with Gasteiger partial charge >= 0.3 is 0 Å². The van der Waals surface area contributed by atoms with E-state index >= 15 is 0 Å². The number of benzene rings is 2. The van der Waals surface area contributed by atoms with Crippen molar-refractivity contribution in [1.29, 1.82) is 0 Å². The number of hydrogen-bond donors (Lipinski definition) is 1. The van der Waals surface area contributed by atoms with E-state index in [4.69, 9.17) is 0 Å². The number of fused-ring (bicyclic) bond motifs is 3. The highest BCUT2D eigenvalue weighted by Crippen LogP contribution is 2.41. The first-order valence-electron chi connectivity index (χ1n) is 8.18. The summed E-state index contributed by atoms with van der Waals surface area (Å²) in [7, 11) is 0. The molecule has 1 atom stereocenters. The van der Waals surface area contributed by atoms with Crippen molar-refractivity contribution >= 4 is 0 Å². The highest BCUT2D eigenvalue weighted by atomic mass is 15.3. The van der Waals surface area contributed by atoms with Crippen LogP contribution in [-0.4, -0.2) is 9.78 Å². The molecule has 0 bridgehead atoms. The molecule has 0 spiro atoms. The monoisotopic (exact) mass is 290 g/mol. The first-order valence-corrected chi connectivity index (χ1v) is 8.18. The van der Waals surface area contributed by atoms with E-state index in [-0.39, 0.29) is 0 Å². The van der Waals surface area contributed by atoms with Gasteiger partial charge in [-0.15, -0.1) is 0 Å². The van der Waals surface area contributed by atoms with Crippen molar-refractivity contribution in [3.63, 3.8) is 0 Å². The zero-order valence-corrected chi connectivity index (χ0v) is 13.2. The molecule has 2 nitrogen and oxygen atoms in total. The van der Waals surface area contributed by atoms with Gasteiger partial charge in [-0.2, -0.15) is 0 Å². The average Bonchev–Trinajstić information content (AvgIpc) is 2.72. The Morgan fingerprint density at radius 3 is 2.73 bits per heavy atom. The number of hydrogen-bond acceptors (Lipinski definition) is 0. The summed E-state index contributed by atoms with van der Waals surface area (Å²) in [5.41, 5.74) is 7.08. The Morgan fingerprint density at radius 1 is 1.09 bits per heavy atom. The van der Waals surface area contributed by atoms with E-state index in [1.165, 1.54) is 27.9 Å². The van der Waals surface area contributed by atoms with Crippen LogP contribution in [0.2, 0.25) is 0 Å². The van der Waals surface area contributed by atoms with Crippen molar-refractivity contribution in [2.24, 2.45) is 0 Å². The third-order valence-corrected chi connectivity index (χ3v) is 4.83. The van der Waals surface area contributed by atoms with E-state index in [2.05, 4.69) is 78.4 Å². The lowest BCUT2D eigenvalue weighted by atomic mass is 9.95. The van der Waals surface area contributed by atoms with Gasteiger partial charge in [-0.1, -0.05) is 62.4 Å². The molecule has 1 N–H and O–H groups in total. The summed E-state index contributed by atoms with van der Waals surface area (Å²) >= 11 is 0. The highest BCUT2D eigenvalue weighted by molar-refractivity contribution is 5.69. The van der Waals surface area contributed by atoms with E-state index < -0.39 is 0 Å². The van der Waals surface area contributed by atoms with E-state index in [1.807, 2.05) is 0 Å². The molecule has 1 aliphatic heterocycles. The fraction of sp³-hybridized carbons (Fsp3) is 0.300. The Bertz CT molecular complexity index is 791. The van der Waals surface area contributed by atoms with E-state index in [0.29, 0.717) is 12.0 Å². The molecule has 112 valence electrons. The lowest BCUT2D eigenvalue weighted by Gasteiger charge is -2.19. The quantitative estimate of drug-likeness (QED) is 0.686. The number of rotatable bonds is 4. The minimum absolute atomic E-state index is 0.457. The van der Waals surface area contributed by atoms with Gasteiger partial charge in [0.05, 0.1) is 11.7 Å². The second-order valence-electron chi connectivity index (χ2n) is 6.57. The Morgan fingerprint density at radius 2 is 1.95 bits per heavy atom. The second kappa shape index (κ2) is 5.20. The zero-order chi connectivity index (χ0) is 15.1. The van der Waals surface area contributed by atoms with Crippen molar-refractivity contribution in [2.45, 2.75) is 38.6 Å². The fourth-order valence-electron chi connectivity index (χ4n) is 3.52. The van der Waals surface area contributed by atoms with Crippen molar-refractivity contribution in [3.8, 4) is 11.3 Å². The van der Waals surface area contributed by atoms with Crippen LogP contribution in [-0.2, 0) is 6.42 Å². The SMILES string of the molecule is CC(C)c1cccc(CCC2c3ccccc3-c3c[nH]n32)c1. The van der Waals surface area contributed by atoms with Crippen LogP contribution < -0.4 is 0 Å². The van der Waals surface area contributed by atoms with Gasteiger partial charge in [0.25, 0.3) is 0 Å². The molecule has 3 aromatic rings.